The molecule has 2 N–H and O–H groups in total. The number of nitrogens with zero attached hydrogens (tertiary/aromatic N) is 2. The Kier molecular flexibility index (Phi) is 3.55. The molecule has 0 aliphatic rings. The first-order chi connectivity index (χ1) is 7.93. The highest BCUT2D eigenvalue weighted by Crippen LogP contribution is 2.33. The van der Waals surface area contributed by atoms with Gasteiger partial charge < -0.3 is 10.4 Å². The van der Waals surface area contributed by atoms with Crippen molar-refractivity contribution in [2.24, 2.45) is 0 Å². The number of anilines is 1. The molecule has 9 heteroatoms. The third-order valence-electron chi connectivity index (χ3n) is 1.83. The van der Waals surface area contributed by atoms with Crippen molar-refractivity contribution in [2.45, 2.75) is 0 Å². The summed E-state index contributed by atoms with van der Waals surface area (Å²) in [6.07, 6.45) is 0. The lowest BCUT2D eigenvalue weighted by Crippen LogP contribution is -2.14. The Labute approximate surface area is 94.0 Å². The topological polar surface area (TPSA) is 136 Å². The molecule has 0 aliphatic carbocycles. The summed E-state index contributed by atoms with van der Waals surface area (Å²) in [4.78, 5) is 30.0. The lowest BCUT2D eigenvalue weighted by molar-refractivity contribution is -0.392. The van der Waals surface area contributed by atoms with Crippen molar-refractivity contribution < 1.29 is 19.7 Å². The van der Waals surface area contributed by atoms with E-state index < -0.39 is 39.4 Å². The number of nitrogens with one attached hydrogen (secondary N) is 1. The van der Waals surface area contributed by atoms with Gasteiger partial charge in [-0.3, -0.25) is 25.0 Å². The summed E-state index contributed by atoms with van der Waals surface area (Å²) in [5.41, 5.74) is -1.49. The van der Waals surface area contributed by atoms with Crippen LogP contribution >= 0.6 is 0 Å². The second-order valence-corrected chi connectivity index (χ2v) is 2.93. The normalized spacial score (nSPS) is 9.65. The SMILES string of the molecule is O=C(O)CNc1c([N+](=O)[O-])cccc1[N+](=O)[O-]. The number of nitro groups is 2. The molecule has 0 fully saturated rings. The number of carboxylic acids is 1. The lowest BCUT2D eigenvalue weighted by Gasteiger charge is -2.04. The highest BCUT2D eigenvalue weighted by atomic mass is 16.6. The zero-order valence-electron chi connectivity index (χ0n) is 8.32. The molecule has 1 aromatic rings. The van der Waals surface area contributed by atoms with Crippen LogP contribution in [-0.4, -0.2) is 27.5 Å². The van der Waals surface area contributed by atoms with Crippen molar-refractivity contribution in [1.82, 2.24) is 0 Å². The fraction of sp³-hybridized carbons (Fsp3) is 0.125. The van der Waals surface area contributed by atoms with Crippen LogP contribution in [0.15, 0.2) is 18.2 Å². The van der Waals surface area contributed by atoms with Gasteiger partial charge in [0.2, 0.25) is 0 Å². The number of rotatable bonds is 5. The number of nitro benzene ring substituents is 2. The van der Waals surface area contributed by atoms with Crippen LogP contribution in [0.25, 0.3) is 0 Å². The molecular formula is C8H7N3O6. The highest BCUT2D eigenvalue weighted by Gasteiger charge is 2.24. The fourth-order valence-electron chi connectivity index (χ4n) is 1.18. The average molecular weight is 241 g/mol. The maximum atomic E-state index is 10.6. The van der Waals surface area contributed by atoms with Crippen LogP contribution in [0.5, 0.6) is 0 Å². The van der Waals surface area contributed by atoms with Crippen LogP contribution in [-0.2, 0) is 4.79 Å². The molecule has 0 saturated heterocycles. The molecular weight excluding hydrogens is 234 g/mol. The number of aliphatic carboxylic acids is 1. The number of carboxylic acid groups (broad SMARTS) is 1. The first-order valence-electron chi connectivity index (χ1n) is 4.31. The van der Waals surface area contributed by atoms with E-state index in [9.17, 15) is 25.0 Å². The molecule has 0 saturated carbocycles. The monoisotopic (exact) mass is 241 g/mol. The van der Waals surface area contributed by atoms with Gasteiger partial charge in [-0.15, -0.1) is 0 Å². The van der Waals surface area contributed by atoms with Crippen LogP contribution in [0.1, 0.15) is 0 Å². The zero-order chi connectivity index (χ0) is 13.0. The highest BCUT2D eigenvalue weighted by molar-refractivity contribution is 5.79. The summed E-state index contributed by atoms with van der Waals surface area (Å²) >= 11 is 0. The molecule has 1 aromatic carbocycles. The predicted molar refractivity (Wildman–Crippen MR) is 55.9 cm³/mol. The van der Waals surface area contributed by atoms with Gasteiger partial charge in [0.1, 0.15) is 6.54 Å². The number of hydrogen-bond acceptors (Lipinski definition) is 6. The van der Waals surface area contributed by atoms with Gasteiger partial charge in [0.15, 0.2) is 5.69 Å². The van der Waals surface area contributed by atoms with Crippen LogP contribution < -0.4 is 5.32 Å². The number of benzene rings is 1. The Hall–Kier alpha value is -2.71. The van der Waals surface area contributed by atoms with Gasteiger partial charge in [0.05, 0.1) is 9.85 Å². The Morgan fingerprint density at radius 2 is 1.71 bits per heavy atom. The standard InChI is InChI=1S/C8H7N3O6/c12-7(13)4-9-8-5(10(14)15)2-1-3-6(8)11(16)17/h1-3,9H,4H2,(H,12,13). The second kappa shape index (κ2) is 4.88. The summed E-state index contributed by atoms with van der Waals surface area (Å²) in [6, 6.07) is 3.26. The lowest BCUT2D eigenvalue weighted by atomic mass is 10.2. The maximum absolute atomic E-state index is 10.6. The third kappa shape index (κ3) is 2.87. The van der Waals surface area contributed by atoms with Crippen LogP contribution in [0, 0.1) is 20.2 Å². The van der Waals surface area contributed by atoms with E-state index >= 15 is 0 Å². The first-order valence-corrected chi connectivity index (χ1v) is 4.31. The van der Waals surface area contributed by atoms with E-state index in [-0.39, 0.29) is 0 Å². The Morgan fingerprint density at radius 3 is 2.06 bits per heavy atom. The minimum absolute atomic E-state index is 0.412. The fourth-order valence-corrected chi connectivity index (χ4v) is 1.18. The van der Waals surface area contributed by atoms with E-state index in [0.29, 0.717) is 0 Å². The van der Waals surface area contributed by atoms with Crippen LogP contribution in [0.4, 0.5) is 17.1 Å². The van der Waals surface area contributed by atoms with E-state index in [1.165, 1.54) is 0 Å². The summed E-state index contributed by atoms with van der Waals surface area (Å²) < 4.78 is 0. The van der Waals surface area contributed by atoms with Gasteiger partial charge in [-0.2, -0.15) is 0 Å². The van der Waals surface area contributed by atoms with Gasteiger partial charge in [-0.1, -0.05) is 0 Å². The third-order valence-corrected chi connectivity index (χ3v) is 1.83. The largest absolute Gasteiger partial charge is 0.480 e. The molecule has 0 aromatic heterocycles. The predicted octanol–water partition coefficient (Wildman–Crippen LogP) is 1.000. The molecule has 0 heterocycles. The molecule has 0 spiro atoms. The minimum atomic E-state index is -1.28. The molecule has 0 aliphatic heterocycles. The van der Waals surface area contributed by atoms with Crippen molar-refractivity contribution in [1.29, 1.82) is 0 Å². The van der Waals surface area contributed by atoms with Gasteiger partial charge in [-0.05, 0) is 6.07 Å². The number of para-hydroxylation sites is 1. The molecule has 0 bridgehead atoms. The van der Waals surface area contributed by atoms with Crippen molar-refractivity contribution in [3.63, 3.8) is 0 Å². The second-order valence-electron chi connectivity index (χ2n) is 2.93. The summed E-state index contributed by atoms with van der Waals surface area (Å²) in [5.74, 6) is -1.28. The minimum Gasteiger partial charge on any atom is -0.480 e. The average Bonchev–Trinajstić information content (AvgIpc) is 2.25. The van der Waals surface area contributed by atoms with Crippen molar-refractivity contribution in [3.05, 3.63) is 38.4 Å². The van der Waals surface area contributed by atoms with E-state index in [4.69, 9.17) is 5.11 Å². The summed E-state index contributed by atoms with van der Waals surface area (Å²) in [6.45, 7) is -0.647. The molecule has 0 atom stereocenters. The molecule has 17 heavy (non-hydrogen) atoms. The molecule has 90 valence electrons. The van der Waals surface area contributed by atoms with Crippen molar-refractivity contribution in [3.8, 4) is 0 Å². The van der Waals surface area contributed by atoms with Crippen molar-refractivity contribution in [2.75, 3.05) is 11.9 Å². The van der Waals surface area contributed by atoms with E-state index in [0.717, 1.165) is 18.2 Å². The van der Waals surface area contributed by atoms with Gasteiger partial charge in [0, 0.05) is 12.1 Å². The Bertz CT molecular complexity index is 454. The first kappa shape index (κ1) is 12.4. The van der Waals surface area contributed by atoms with Crippen LogP contribution in [0.3, 0.4) is 0 Å². The molecule has 0 unspecified atom stereocenters. The smallest absolute Gasteiger partial charge is 0.322 e. The molecule has 0 radical (unpaired) electrons. The van der Waals surface area contributed by atoms with Gasteiger partial charge >= 0.3 is 5.97 Å². The van der Waals surface area contributed by atoms with E-state index in [1.54, 1.807) is 0 Å². The summed E-state index contributed by atoms with van der Waals surface area (Å²) in [7, 11) is 0. The Morgan fingerprint density at radius 1 is 1.24 bits per heavy atom. The van der Waals surface area contributed by atoms with Crippen LogP contribution in [0.2, 0.25) is 0 Å². The van der Waals surface area contributed by atoms with E-state index in [1.807, 2.05) is 0 Å². The summed E-state index contributed by atoms with van der Waals surface area (Å²) in [5, 5.41) is 31.9. The molecule has 1 rings (SSSR count). The number of carbonyl (C=O) groups is 1. The Balaban J connectivity index is 3.23. The van der Waals surface area contributed by atoms with Gasteiger partial charge in [0.25, 0.3) is 11.4 Å². The van der Waals surface area contributed by atoms with Gasteiger partial charge in [-0.25, -0.2) is 0 Å². The van der Waals surface area contributed by atoms with E-state index in [2.05, 4.69) is 5.32 Å². The maximum Gasteiger partial charge on any atom is 0.322 e. The molecule has 9 nitrogen and oxygen atoms in total. The zero-order valence-corrected chi connectivity index (χ0v) is 8.32. The molecule has 0 amide bonds. The van der Waals surface area contributed by atoms with Crippen molar-refractivity contribution >= 4 is 23.0 Å². The quantitative estimate of drug-likeness (QED) is 0.579. The number of hydrogen-bond donors (Lipinski definition) is 2.